The fourth-order valence-electron chi connectivity index (χ4n) is 1.10. The van der Waals surface area contributed by atoms with Gasteiger partial charge < -0.3 is 0 Å². The highest BCUT2D eigenvalue weighted by Gasteiger charge is 1.84. The zero-order valence-electron chi connectivity index (χ0n) is 8.70. The van der Waals surface area contributed by atoms with Gasteiger partial charge in [-0.05, 0) is 31.1 Å². The van der Waals surface area contributed by atoms with Crippen LogP contribution in [0.25, 0.3) is 0 Å². The molecule has 1 aromatic rings. The van der Waals surface area contributed by atoms with E-state index in [1.54, 1.807) is 0 Å². The van der Waals surface area contributed by atoms with Gasteiger partial charge in [-0.1, -0.05) is 31.2 Å². The third kappa shape index (κ3) is 3.90. The van der Waals surface area contributed by atoms with Crippen LogP contribution in [-0.2, 0) is 0 Å². The summed E-state index contributed by atoms with van der Waals surface area (Å²) in [5.41, 5.74) is 5.15. The van der Waals surface area contributed by atoms with E-state index in [0.717, 1.165) is 12.1 Å². The number of anilines is 1. The molecule has 0 saturated carbocycles. The lowest BCUT2D eigenvalue weighted by molar-refractivity contribution is 1.20. The van der Waals surface area contributed by atoms with Gasteiger partial charge in [0.15, 0.2) is 0 Å². The summed E-state index contributed by atoms with van der Waals surface area (Å²) in [6.07, 6.45) is 5.01. The fourth-order valence-corrected chi connectivity index (χ4v) is 1.10. The van der Waals surface area contributed by atoms with Crippen molar-refractivity contribution in [3.63, 3.8) is 0 Å². The smallest absolute Gasteiger partial charge is 0.0561 e. The summed E-state index contributed by atoms with van der Waals surface area (Å²) in [5.74, 6) is 0. The molecular formula is C12H16N2. The molecule has 0 bridgehead atoms. The third-order valence-electron chi connectivity index (χ3n) is 1.76. The number of hydrogen-bond donors (Lipinski definition) is 1. The molecule has 1 N–H and O–H groups in total. The maximum absolute atomic E-state index is 4.12. The van der Waals surface area contributed by atoms with Crippen molar-refractivity contribution in [3.8, 4) is 0 Å². The molecule has 0 atom stereocenters. The number of rotatable bonds is 4. The van der Waals surface area contributed by atoms with E-state index in [0.29, 0.717) is 0 Å². The van der Waals surface area contributed by atoms with Crippen LogP contribution in [0.3, 0.4) is 0 Å². The molecule has 0 saturated heterocycles. The number of para-hydroxylation sites is 1. The Morgan fingerprint density at radius 2 is 2.07 bits per heavy atom. The second kappa shape index (κ2) is 5.97. The second-order valence-corrected chi connectivity index (χ2v) is 3.09. The number of hydrazone groups is 1. The van der Waals surface area contributed by atoms with Gasteiger partial charge in [0.25, 0.3) is 0 Å². The normalized spacial score (nSPS) is 12.0. The Bertz CT molecular complexity index is 312. The average Bonchev–Trinajstić information content (AvgIpc) is 2.20. The van der Waals surface area contributed by atoms with Crippen molar-refractivity contribution in [3.05, 3.63) is 42.0 Å². The quantitative estimate of drug-likeness (QED) is 0.568. The fraction of sp³-hybridized carbons (Fsp3) is 0.250. The Morgan fingerprint density at radius 1 is 1.36 bits per heavy atom. The molecule has 0 aromatic heterocycles. The van der Waals surface area contributed by atoms with E-state index in [4.69, 9.17) is 0 Å². The molecule has 0 aliphatic heterocycles. The lowest BCUT2D eigenvalue weighted by Gasteiger charge is -1.97. The summed E-state index contributed by atoms with van der Waals surface area (Å²) < 4.78 is 0. The second-order valence-electron chi connectivity index (χ2n) is 3.09. The first-order valence-electron chi connectivity index (χ1n) is 4.84. The summed E-state index contributed by atoms with van der Waals surface area (Å²) in [7, 11) is 0. The Hall–Kier alpha value is -1.57. The van der Waals surface area contributed by atoms with Crippen LogP contribution in [0.1, 0.15) is 20.3 Å². The lowest BCUT2D eigenvalue weighted by atomic mass is 10.3. The largest absolute Gasteiger partial charge is 0.279 e. The van der Waals surface area contributed by atoms with Crippen molar-refractivity contribution < 1.29 is 0 Å². The van der Waals surface area contributed by atoms with E-state index in [2.05, 4.69) is 23.5 Å². The molecule has 0 heterocycles. The Kier molecular flexibility index (Phi) is 4.48. The Balaban J connectivity index is 2.45. The molecule has 0 radical (unpaired) electrons. The molecule has 1 rings (SSSR count). The zero-order valence-corrected chi connectivity index (χ0v) is 8.70. The molecule has 2 nitrogen and oxygen atoms in total. The SMILES string of the molecule is CC/C=C(C)/C=N/Nc1ccccc1. The van der Waals surface area contributed by atoms with Crippen molar-refractivity contribution in [1.82, 2.24) is 0 Å². The van der Waals surface area contributed by atoms with Crippen LogP contribution >= 0.6 is 0 Å². The van der Waals surface area contributed by atoms with Crippen LogP contribution in [0.15, 0.2) is 47.1 Å². The topological polar surface area (TPSA) is 24.4 Å². The van der Waals surface area contributed by atoms with Crippen LogP contribution in [0.4, 0.5) is 5.69 Å². The Morgan fingerprint density at radius 3 is 2.71 bits per heavy atom. The first kappa shape index (κ1) is 10.5. The summed E-state index contributed by atoms with van der Waals surface area (Å²) in [6, 6.07) is 9.91. The first-order valence-corrected chi connectivity index (χ1v) is 4.84. The van der Waals surface area contributed by atoms with Crippen molar-refractivity contribution >= 4 is 11.9 Å². The monoisotopic (exact) mass is 188 g/mol. The average molecular weight is 188 g/mol. The highest BCUT2D eigenvalue weighted by molar-refractivity contribution is 5.78. The van der Waals surface area contributed by atoms with Gasteiger partial charge in [0.2, 0.25) is 0 Å². The predicted molar refractivity (Wildman–Crippen MR) is 62.6 cm³/mol. The number of hydrogen-bond acceptors (Lipinski definition) is 2. The molecule has 14 heavy (non-hydrogen) atoms. The van der Waals surface area contributed by atoms with Crippen LogP contribution in [-0.4, -0.2) is 6.21 Å². The van der Waals surface area contributed by atoms with E-state index in [1.807, 2.05) is 43.5 Å². The lowest BCUT2D eigenvalue weighted by Crippen LogP contribution is -1.89. The summed E-state index contributed by atoms with van der Waals surface area (Å²) in [6.45, 7) is 4.15. The standard InChI is InChI=1S/C12H16N2/c1-3-7-11(2)10-13-14-12-8-5-4-6-9-12/h4-10,14H,3H2,1-2H3/b11-7+,13-10+. The minimum Gasteiger partial charge on any atom is -0.279 e. The molecule has 0 unspecified atom stereocenters. The third-order valence-corrected chi connectivity index (χ3v) is 1.76. The van der Waals surface area contributed by atoms with Gasteiger partial charge in [0.1, 0.15) is 0 Å². The van der Waals surface area contributed by atoms with Crippen LogP contribution in [0, 0.1) is 0 Å². The molecule has 74 valence electrons. The van der Waals surface area contributed by atoms with Crippen LogP contribution in [0.5, 0.6) is 0 Å². The summed E-state index contributed by atoms with van der Waals surface area (Å²) in [5, 5.41) is 4.12. The van der Waals surface area contributed by atoms with Gasteiger partial charge in [-0.25, -0.2) is 0 Å². The van der Waals surface area contributed by atoms with Crippen LogP contribution in [0.2, 0.25) is 0 Å². The van der Waals surface area contributed by atoms with E-state index < -0.39 is 0 Å². The van der Waals surface area contributed by atoms with Gasteiger partial charge in [-0.2, -0.15) is 5.10 Å². The van der Waals surface area contributed by atoms with Gasteiger partial charge in [0, 0.05) is 6.21 Å². The molecule has 0 fully saturated rings. The van der Waals surface area contributed by atoms with Crippen molar-refractivity contribution in [1.29, 1.82) is 0 Å². The van der Waals surface area contributed by atoms with E-state index >= 15 is 0 Å². The van der Waals surface area contributed by atoms with E-state index in [-0.39, 0.29) is 0 Å². The van der Waals surface area contributed by atoms with E-state index in [1.165, 1.54) is 5.57 Å². The molecule has 0 aliphatic carbocycles. The molecule has 0 aliphatic rings. The van der Waals surface area contributed by atoms with Crippen molar-refractivity contribution in [2.45, 2.75) is 20.3 Å². The van der Waals surface area contributed by atoms with Crippen molar-refractivity contribution in [2.24, 2.45) is 5.10 Å². The van der Waals surface area contributed by atoms with Crippen molar-refractivity contribution in [2.75, 3.05) is 5.43 Å². The summed E-state index contributed by atoms with van der Waals surface area (Å²) >= 11 is 0. The predicted octanol–water partition coefficient (Wildman–Crippen LogP) is 3.44. The zero-order chi connectivity index (χ0) is 10.2. The maximum atomic E-state index is 4.12. The number of allylic oxidation sites excluding steroid dienone is 2. The summed E-state index contributed by atoms with van der Waals surface area (Å²) in [4.78, 5) is 0. The number of benzene rings is 1. The minimum atomic E-state index is 1.01. The number of nitrogens with zero attached hydrogens (tertiary/aromatic N) is 1. The highest BCUT2D eigenvalue weighted by atomic mass is 15.3. The molecular weight excluding hydrogens is 172 g/mol. The Labute approximate surface area is 85.3 Å². The van der Waals surface area contributed by atoms with Gasteiger partial charge >= 0.3 is 0 Å². The van der Waals surface area contributed by atoms with Gasteiger partial charge in [0.05, 0.1) is 5.69 Å². The first-order chi connectivity index (χ1) is 6.83. The maximum Gasteiger partial charge on any atom is 0.0561 e. The highest BCUT2D eigenvalue weighted by Crippen LogP contribution is 2.04. The number of nitrogens with one attached hydrogen (secondary N) is 1. The molecule has 0 spiro atoms. The van der Waals surface area contributed by atoms with E-state index in [9.17, 15) is 0 Å². The molecule has 1 aromatic carbocycles. The van der Waals surface area contributed by atoms with Crippen LogP contribution < -0.4 is 5.43 Å². The minimum absolute atomic E-state index is 1.01. The molecule has 0 amide bonds. The molecule has 2 heteroatoms. The van der Waals surface area contributed by atoms with Gasteiger partial charge in [-0.15, -0.1) is 0 Å². The van der Waals surface area contributed by atoms with Gasteiger partial charge in [-0.3, -0.25) is 5.43 Å².